The summed E-state index contributed by atoms with van der Waals surface area (Å²) in [6.45, 7) is 5.33. The molecule has 18 heavy (non-hydrogen) atoms. The van der Waals surface area contributed by atoms with E-state index < -0.39 is 0 Å². The van der Waals surface area contributed by atoms with Crippen LogP contribution in [0, 0.1) is 6.92 Å². The minimum atomic E-state index is 0.232. The molecule has 1 heterocycles. The van der Waals surface area contributed by atoms with Crippen LogP contribution in [0.2, 0.25) is 5.02 Å². The van der Waals surface area contributed by atoms with Gasteiger partial charge >= 0.3 is 0 Å². The fourth-order valence-electron chi connectivity index (χ4n) is 2.60. The molecule has 0 radical (unpaired) electrons. The topological polar surface area (TPSA) is 35.5 Å². The Hall–Kier alpha value is -0.770. The van der Waals surface area contributed by atoms with Crippen LogP contribution in [0.4, 0.5) is 5.69 Å². The van der Waals surface area contributed by atoms with Crippen LogP contribution in [-0.2, 0) is 0 Å². The summed E-state index contributed by atoms with van der Waals surface area (Å²) >= 11 is 6.01. The fraction of sp³-hybridized carbons (Fsp3) is 0.571. The number of aliphatic hydroxyl groups is 1. The molecule has 0 amide bonds. The van der Waals surface area contributed by atoms with Crippen molar-refractivity contribution in [3.63, 3.8) is 0 Å². The lowest BCUT2D eigenvalue weighted by atomic mass is 10.1. The first-order valence-corrected chi connectivity index (χ1v) is 6.94. The Morgan fingerprint density at radius 1 is 1.50 bits per heavy atom. The van der Waals surface area contributed by atoms with Gasteiger partial charge in [-0.05, 0) is 50.1 Å². The maximum absolute atomic E-state index is 9.21. The number of aryl methyl sites for hydroxylation is 1. The first-order valence-electron chi connectivity index (χ1n) is 6.56. The predicted octanol–water partition coefficient (Wildman–Crippen LogP) is 2.20. The Morgan fingerprint density at radius 2 is 2.33 bits per heavy atom. The molecule has 100 valence electrons. The van der Waals surface area contributed by atoms with Gasteiger partial charge in [0.05, 0.1) is 0 Å². The summed E-state index contributed by atoms with van der Waals surface area (Å²) in [6.07, 6.45) is 1.93. The number of rotatable bonds is 3. The molecule has 2 N–H and O–H groups in total. The summed E-state index contributed by atoms with van der Waals surface area (Å²) in [5.74, 6) is 0. The molecule has 1 aliphatic rings. The zero-order valence-electron chi connectivity index (χ0n) is 10.8. The van der Waals surface area contributed by atoms with Crippen LogP contribution in [-0.4, -0.2) is 37.4 Å². The summed E-state index contributed by atoms with van der Waals surface area (Å²) in [4.78, 5) is 2.40. The summed E-state index contributed by atoms with van der Waals surface area (Å²) in [5, 5.41) is 13.4. The van der Waals surface area contributed by atoms with Gasteiger partial charge in [0, 0.05) is 36.4 Å². The molecule has 1 saturated heterocycles. The highest BCUT2D eigenvalue weighted by molar-refractivity contribution is 6.30. The van der Waals surface area contributed by atoms with Crippen molar-refractivity contribution in [1.29, 1.82) is 0 Å². The van der Waals surface area contributed by atoms with E-state index in [2.05, 4.69) is 23.2 Å². The number of nitrogens with one attached hydrogen (secondary N) is 1. The van der Waals surface area contributed by atoms with Crippen LogP contribution < -0.4 is 10.2 Å². The average Bonchev–Trinajstić information content (AvgIpc) is 2.56. The molecule has 2 rings (SSSR count). The van der Waals surface area contributed by atoms with Gasteiger partial charge in [-0.15, -0.1) is 0 Å². The SMILES string of the molecule is Cc1cc(Cl)ccc1N1CCCNCC1CCO. The average molecular weight is 269 g/mol. The number of aliphatic hydroxyl groups excluding tert-OH is 1. The second-order valence-corrected chi connectivity index (χ2v) is 5.28. The van der Waals surface area contributed by atoms with Crippen LogP contribution in [0.3, 0.4) is 0 Å². The van der Waals surface area contributed by atoms with Gasteiger partial charge in [-0.1, -0.05) is 11.6 Å². The normalized spacial score (nSPS) is 20.8. The van der Waals surface area contributed by atoms with Gasteiger partial charge in [0.1, 0.15) is 0 Å². The maximum Gasteiger partial charge on any atom is 0.0451 e. The van der Waals surface area contributed by atoms with Crippen LogP contribution >= 0.6 is 11.6 Å². The van der Waals surface area contributed by atoms with E-state index in [-0.39, 0.29) is 6.61 Å². The summed E-state index contributed by atoms with van der Waals surface area (Å²) in [5.41, 5.74) is 2.44. The number of nitrogens with zero attached hydrogens (tertiary/aromatic N) is 1. The highest BCUT2D eigenvalue weighted by atomic mass is 35.5. The Balaban J connectivity index is 2.25. The van der Waals surface area contributed by atoms with Gasteiger partial charge in [0.25, 0.3) is 0 Å². The third-order valence-electron chi connectivity index (χ3n) is 3.50. The molecule has 0 saturated carbocycles. The predicted molar refractivity (Wildman–Crippen MR) is 76.5 cm³/mol. The lowest BCUT2D eigenvalue weighted by Gasteiger charge is -2.32. The van der Waals surface area contributed by atoms with Gasteiger partial charge in [0.15, 0.2) is 0 Å². The van der Waals surface area contributed by atoms with Crippen LogP contribution in [0.1, 0.15) is 18.4 Å². The summed E-state index contributed by atoms with van der Waals surface area (Å²) in [7, 11) is 0. The zero-order chi connectivity index (χ0) is 13.0. The Morgan fingerprint density at radius 3 is 3.06 bits per heavy atom. The summed E-state index contributed by atoms with van der Waals surface area (Å²) < 4.78 is 0. The van der Waals surface area contributed by atoms with Crippen LogP contribution in [0.15, 0.2) is 18.2 Å². The zero-order valence-corrected chi connectivity index (χ0v) is 11.6. The molecule has 1 fully saturated rings. The van der Waals surface area contributed by atoms with Crippen molar-refractivity contribution in [2.45, 2.75) is 25.8 Å². The third-order valence-corrected chi connectivity index (χ3v) is 3.74. The molecule has 4 heteroatoms. The maximum atomic E-state index is 9.21. The number of anilines is 1. The largest absolute Gasteiger partial charge is 0.396 e. The summed E-state index contributed by atoms with van der Waals surface area (Å²) in [6, 6.07) is 6.40. The Bertz CT molecular complexity index is 397. The van der Waals surface area contributed by atoms with Crippen LogP contribution in [0.25, 0.3) is 0 Å². The second kappa shape index (κ2) is 6.41. The van der Waals surface area contributed by atoms with Crippen molar-refractivity contribution in [2.24, 2.45) is 0 Å². The standard InChI is InChI=1S/C14H21ClN2O/c1-11-9-12(15)3-4-14(11)17-7-2-6-16-10-13(17)5-8-18/h3-4,9,13,16,18H,2,5-8,10H2,1H3. The molecule has 0 aromatic heterocycles. The molecule has 1 unspecified atom stereocenters. The number of benzene rings is 1. The van der Waals surface area contributed by atoms with E-state index in [1.807, 2.05) is 12.1 Å². The smallest absolute Gasteiger partial charge is 0.0451 e. The molecule has 1 aromatic rings. The molecule has 1 aliphatic heterocycles. The molecule has 0 aliphatic carbocycles. The van der Waals surface area contributed by atoms with Gasteiger partial charge < -0.3 is 15.3 Å². The van der Waals surface area contributed by atoms with Crippen LogP contribution in [0.5, 0.6) is 0 Å². The minimum absolute atomic E-state index is 0.232. The highest BCUT2D eigenvalue weighted by Crippen LogP contribution is 2.26. The van der Waals surface area contributed by atoms with E-state index in [1.165, 1.54) is 11.3 Å². The highest BCUT2D eigenvalue weighted by Gasteiger charge is 2.21. The molecule has 3 nitrogen and oxygen atoms in total. The van der Waals surface area contributed by atoms with Crippen molar-refractivity contribution < 1.29 is 5.11 Å². The first kappa shape index (κ1) is 13.7. The van der Waals surface area contributed by atoms with E-state index in [0.29, 0.717) is 6.04 Å². The van der Waals surface area contributed by atoms with Gasteiger partial charge in [-0.2, -0.15) is 0 Å². The number of halogens is 1. The van der Waals surface area contributed by atoms with Gasteiger partial charge in [-0.3, -0.25) is 0 Å². The van der Waals surface area contributed by atoms with E-state index in [1.54, 1.807) is 0 Å². The minimum Gasteiger partial charge on any atom is -0.396 e. The van der Waals surface area contributed by atoms with E-state index >= 15 is 0 Å². The van der Waals surface area contributed by atoms with E-state index in [4.69, 9.17) is 11.6 Å². The fourth-order valence-corrected chi connectivity index (χ4v) is 2.83. The second-order valence-electron chi connectivity index (χ2n) is 4.85. The number of hydrogen-bond donors (Lipinski definition) is 2. The van der Waals surface area contributed by atoms with Crippen molar-refractivity contribution in [3.05, 3.63) is 28.8 Å². The van der Waals surface area contributed by atoms with Crippen molar-refractivity contribution in [2.75, 3.05) is 31.1 Å². The van der Waals surface area contributed by atoms with Crippen molar-refractivity contribution in [1.82, 2.24) is 5.32 Å². The lowest BCUT2D eigenvalue weighted by molar-refractivity contribution is 0.273. The molecular formula is C14H21ClN2O. The molecule has 1 atom stereocenters. The molecule has 0 bridgehead atoms. The van der Waals surface area contributed by atoms with Gasteiger partial charge in [-0.25, -0.2) is 0 Å². The molecule has 1 aromatic carbocycles. The third kappa shape index (κ3) is 3.16. The monoisotopic (exact) mass is 268 g/mol. The quantitative estimate of drug-likeness (QED) is 0.882. The molecular weight excluding hydrogens is 248 g/mol. The van der Waals surface area contributed by atoms with E-state index in [0.717, 1.165) is 37.5 Å². The van der Waals surface area contributed by atoms with E-state index in [9.17, 15) is 5.11 Å². The number of hydrogen-bond acceptors (Lipinski definition) is 3. The molecule has 0 spiro atoms. The Labute approximate surface area is 114 Å². The van der Waals surface area contributed by atoms with Crippen molar-refractivity contribution in [3.8, 4) is 0 Å². The Kier molecular flexibility index (Phi) is 4.87. The first-order chi connectivity index (χ1) is 8.72. The van der Waals surface area contributed by atoms with Gasteiger partial charge in [0.2, 0.25) is 0 Å². The lowest BCUT2D eigenvalue weighted by Crippen LogP contribution is -2.40. The van der Waals surface area contributed by atoms with Crippen molar-refractivity contribution >= 4 is 17.3 Å².